The summed E-state index contributed by atoms with van der Waals surface area (Å²) in [7, 11) is -1.69. The van der Waals surface area contributed by atoms with Crippen LogP contribution in [0.25, 0.3) is 10.9 Å². The number of carbonyl (C=O) groups is 1. The van der Waals surface area contributed by atoms with Crippen LogP contribution in [-0.4, -0.2) is 67.4 Å². The maximum absolute atomic E-state index is 13.3. The molecule has 1 fully saturated rings. The normalized spacial score (nSPS) is 15.0. The lowest BCUT2D eigenvalue weighted by atomic mass is 10.2. The van der Waals surface area contributed by atoms with Crippen LogP contribution in [0.1, 0.15) is 24.3 Å². The van der Waals surface area contributed by atoms with Gasteiger partial charge < -0.3 is 14.4 Å². The lowest BCUT2D eigenvalue weighted by Crippen LogP contribution is -2.49. The van der Waals surface area contributed by atoms with E-state index < -0.39 is 10.0 Å². The summed E-state index contributed by atoms with van der Waals surface area (Å²) in [6.07, 6.45) is 0. The summed E-state index contributed by atoms with van der Waals surface area (Å²) in [5, 5.41) is 0.756. The van der Waals surface area contributed by atoms with Gasteiger partial charge in [0, 0.05) is 62.9 Å². The minimum Gasteiger partial charge on any atom is -0.368 e. The average molecular weight is 455 g/mol. The van der Waals surface area contributed by atoms with Gasteiger partial charge in [-0.2, -0.15) is 4.31 Å². The molecule has 1 saturated heterocycles. The number of hydrogen-bond donors (Lipinski definition) is 0. The Kier molecular flexibility index (Phi) is 6.26. The maximum atomic E-state index is 13.3. The van der Waals surface area contributed by atoms with Gasteiger partial charge in [-0.1, -0.05) is 32.0 Å². The van der Waals surface area contributed by atoms with Crippen molar-refractivity contribution in [3.05, 3.63) is 60.3 Å². The fourth-order valence-corrected chi connectivity index (χ4v) is 5.87. The number of aryl methyl sites for hydroxylation is 1. The molecule has 7 nitrogen and oxygen atoms in total. The predicted octanol–water partition coefficient (Wildman–Crippen LogP) is 3.17. The molecule has 4 rings (SSSR count). The summed E-state index contributed by atoms with van der Waals surface area (Å²) in [5.41, 5.74) is 2.59. The third-order valence-electron chi connectivity index (χ3n) is 6.26. The molecular weight excluding hydrogens is 424 g/mol. The summed E-state index contributed by atoms with van der Waals surface area (Å²) in [6, 6.07) is 17.1. The molecule has 170 valence electrons. The van der Waals surface area contributed by atoms with Gasteiger partial charge in [-0.3, -0.25) is 4.79 Å². The highest BCUT2D eigenvalue weighted by Crippen LogP contribution is 2.26. The molecule has 0 unspecified atom stereocenters. The van der Waals surface area contributed by atoms with Crippen LogP contribution in [-0.2, 0) is 17.1 Å². The van der Waals surface area contributed by atoms with Gasteiger partial charge in [-0.15, -0.1) is 0 Å². The van der Waals surface area contributed by atoms with Gasteiger partial charge in [0.25, 0.3) is 5.91 Å². The van der Waals surface area contributed by atoms with Crippen molar-refractivity contribution in [2.45, 2.75) is 18.7 Å². The Balaban J connectivity index is 1.56. The van der Waals surface area contributed by atoms with E-state index in [2.05, 4.69) is 17.0 Å². The molecule has 3 aromatic rings. The van der Waals surface area contributed by atoms with Crippen molar-refractivity contribution in [1.29, 1.82) is 0 Å². The molecule has 0 N–H and O–H groups in total. The highest BCUT2D eigenvalue weighted by Gasteiger charge is 2.26. The number of hydrogen-bond acceptors (Lipinski definition) is 4. The SMILES string of the molecule is CCN(CC)S(=O)(=O)c1ccc2c(c1)cc(C(=O)N1CCN(c3ccccc3)CC1)n2C. The smallest absolute Gasteiger partial charge is 0.270 e. The first kappa shape index (κ1) is 22.4. The van der Waals surface area contributed by atoms with Crippen LogP contribution in [0.4, 0.5) is 5.69 Å². The van der Waals surface area contributed by atoms with E-state index in [1.807, 2.05) is 54.6 Å². The summed E-state index contributed by atoms with van der Waals surface area (Å²) in [5.74, 6) is -0.0236. The van der Waals surface area contributed by atoms with E-state index in [4.69, 9.17) is 0 Å². The number of benzene rings is 2. The Morgan fingerprint density at radius 3 is 2.22 bits per heavy atom. The minimum absolute atomic E-state index is 0.0236. The fourth-order valence-electron chi connectivity index (χ4n) is 4.37. The number of nitrogens with zero attached hydrogens (tertiary/aromatic N) is 4. The zero-order valence-corrected chi connectivity index (χ0v) is 19.7. The van der Waals surface area contributed by atoms with Gasteiger partial charge in [-0.25, -0.2) is 8.42 Å². The number of anilines is 1. The van der Waals surface area contributed by atoms with Gasteiger partial charge in [0.1, 0.15) is 5.69 Å². The molecule has 2 aromatic carbocycles. The molecule has 2 heterocycles. The third kappa shape index (κ3) is 4.00. The number of rotatable bonds is 6. The molecule has 1 aromatic heterocycles. The largest absolute Gasteiger partial charge is 0.368 e. The highest BCUT2D eigenvalue weighted by molar-refractivity contribution is 7.89. The molecular formula is C24H30N4O3S. The summed E-state index contributed by atoms with van der Waals surface area (Å²) < 4.78 is 29.1. The zero-order valence-electron chi connectivity index (χ0n) is 18.9. The number of piperazine rings is 1. The minimum atomic E-state index is -3.55. The van der Waals surface area contributed by atoms with Gasteiger partial charge in [-0.05, 0) is 36.4 Å². The molecule has 0 radical (unpaired) electrons. The second kappa shape index (κ2) is 8.96. The van der Waals surface area contributed by atoms with Gasteiger partial charge in [0.15, 0.2) is 0 Å². The Bertz CT molecular complexity index is 1210. The van der Waals surface area contributed by atoms with Crippen molar-refractivity contribution < 1.29 is 13.2 Å². The van der Waals surface area contributed by atoms with Crippen LogP contribution in [0.2, 0.25) is 0 Å². The van der Waals surface area contributed by atoms with E-state index in [1.165, 1.54) is 9.99 Å². The molecule has 0 spiro atoms. The number of para-hydroxylation sites is 1. The fraction of sp³-hybridized carbons (Fsp3) is 0.375. The Morgan fingerprint density at radius 2 is 1.59 bits per heavy atom. The van der Waals surface area contributed by atoms with Crippen LogP contribution < -0.4 is 4.90 Å². The third-order valence-corrected chi connectivity index (χ3v) is 8.31. The molecule has 1 aliphatic rings. The van der Waals surface area contributed by atoms with Crippen molar-refractivity contribution in [1.82, 2.24) is 13.8 Å². The van der Waals surface area contributed by atoms with Crippen LogP contribution in [0.5, 0.6) is 0 Å². The Labute approximate surface area is 189 Å². The quantitative estimate of drug-likeness (QED) is 0.574. The Hall–Kier alpha value is -2.84. The van der Waals surface area contributed by atoms with Crippen LogP contribution in [0.15, 0.2) is 59.5 Å². The summed E-state index contributed by atoms with van der Waals surface area (Å²) in [6.45, 7) is 7.37. The monoisotopic (exact) mass is 454 g/mol. The van der Waals surface area contributed by atoms with E-state index >= 15 is 0 Å². The van der Waals surface area contributed by atoms with Gasteiger partial charge >= 0.3 is 0 Å². The maximum Gasteiger partial charge on any atom is 0.270 e. The van der Waals surface area contributed by atoms with Gasteiger partial charge in [0.05, 0.1) is 4.90 Å². The number of amides is 1. The van der Waals surface area contributed by atoms with Crippen LogP contribution in [0.3, 0.4) is 0 Å². The van der Waals surface area contributed by atoms with E-state index in [1.54, 1.807) is 18.2 Å². The molecule has 1 aliphatic heterocycles. The highest BCUT2D eigenvalue weighted by atomic mass is 32.2. The molecule has 32 heavy (non-hydrogen) atoms. The molecule has 0 atom stereocenters. The van der Waals surface area contributed by atoms with Crippen LogP contribution >= 0.6 is 0 Å². The molecule has 1 amide bonds. The number of aromatic nitrogens is 1. The molecule has 0 saturated carbocycles. The second-order valence-corrected chi connectivity index (χ2v) is 9.95. The predicted molar refractivity (Wildman–Crippen MR) is 128 cm³/mol. The van der Waals surface area contributed by atoms with E-state index in [0.29, 0.717) is 31.9 Å². The van der Waals surface area contributed by atoms with Crippen molar-refractivity contribution >= 4 is 32.5 Å². The first-order chi connectivity index (χ1) is 15.4. The topological polar surface area (TPSA) is 65.9 Å². The number of fused-ring (bicyclic) bond motifs is 1. The molecule has 8 heteroatoms. The van der Waals surface area contributed by atoms with Gasteiger partial charge in [0.2, 0.25) is 10.0 Å². The van der Waals surface area contributed by atoms with Crippen molar-refractivity contribution in [2.75, 3.05) is 44.2 Å². The standard InChI is InChI=1S/C24H30N4O3S/c1-4-28(5-2)32(30,31)21-11-12-22-19(17-21)18-23(25(22)3)24(29)27-15-13-26(14-16-27)20-9-7-6-8-10-20/h6-12,17-18H,4-5,13-16H2,1-3H3. The lowest BCUT2D eigenvalue weighted by Gasteiger charge is -2.36. The van der Waals surface area contributed by atoms with Crippen molar-refractivity contribution in [2.24, 2.45) is 7.05 Å². The van der Waals surface area contributed by atoms with E-state index in [0.717, 1.165) is 24.0 Å². The second-order valence-electron chi connectivity index (χ2n) is 8.01. The average Bonchev–Trinajstić information content (AvgIpc) is 3.15. The molecule has 0 bridgehead atoms. The lowest BCUT2D eigenvalue weighted by molar-refractivity contribution is 0.0737. The van der Waals surface area contributed by atoms with E-state index in [9.17, 15) is 13.2 Å². The summed E-state index contributed by atoms with van der Waals surface area (Å²) in [4.78, 5) is 17.7. The molecule has 0 aliphatic carbocycles. The Morgan fingerprint density at radius 1 is 0.938 bits per heavy atom. The first-order valence-electron chi connectivity index (χ1n) is 11.1. The number of carbonyl (C=O) groups excluding carboxylic acids is 1. The van der Waals surface area contributed by atoms with Crippen LogP contribution in [0, 0.1) is 0 Å². The first-order valence-corrected chi connectivity index (χ1v) is 12.5. The van der Waals surface area contributed by atoms with Crippen molar-refractivity contribution in [3.63, 3.8) is 0 Å². The van der Waals surface area contributed by atoms with E-state index in [-0.39, 0.29) is 10.8 Å². The summed E-state index contributed by atoms with van der Waals surface area (Å²) >= 11 is 0. The van der Waals surface area contributed by atoms with Crippen molar-refractivity contribution in [3.8, 4) is 0 Å². The number of sulfonamides is 1. The zero-order chi connectivity index (χ0) is 22.9.